The van der Waals surface area contributed by atoms with Crippen molar-refractivity contribution in [2.24, 2.45) is 40.4 Å². The van der Waals surface area contributed by atoms with E-state index in [2.05, 4.69) is 13.8 Å². The number of ether oxygens (including phenoxy) is 9. The average molecular weight is 909 g/mol. The monoisotopic (exact) mass is 909 g/mol. The first kappa shape index (κ1) is 47.7. The van der Waals surface area contributed by atoms with Crippen molar-refractivity contribution in [2.75, 3.05) is 6.61 Å². The van der Waals surface area contributed by atoms with Crippen molar-refractivity contribution in [1.29, 1.82) is 0 Å². The van der Waals surface area contributed by atoms with E-state index >= 15 is 0 Å². The Morgan fingerprint density at radius 1 is 0.625 bits per heavy atom. The van der Waals surface area contributed by atoms with Gasteiger partial charge in [-0.25, -0.2) is 4.79 Å². The molecule has 364 valence electrons. The highest BCUT2D eigenvalue weighted by Crippen LogP contribution is 2.70. The van der Waals surface area contributed by atoms with Crippen molar-refractivity contribution < 1.29 is 78.1 Å². The number of carbonyl (C=O) groups excluding carboxylic acids is 1. The fourth-order valence-corrected chi connectivity index (χ4v) is 14.4. The molecule has 5 heterocycles. The summed E-state index contributed by atoms with van der Waals surface area (Å²) in [6.45, 7) is 14.2. The molecule has 4 saturated carbocycles. The van der Waals surface area contributed by atoms with Gasteiger partial charge < -0.3 is 73.3 Å². The molecule has 0 bridgehead atoms. The third-order valence-electron chi connectivity index (χ3n) is 18.4. The number of cyclic esters (lactones) is 1. The van der Waals surface area contributed by atoms with Crippen LogP contribution in [0.2, 0.25) is 0 Å². The molecular formula is C48H76O16. The van der Waals surface area contributed by atoms with Gasteiger partial charge >= 0.3 is 5.97 Å². The van der Waals surface area contributed by atoms with Gasteiger partial charge in [-0.15, -0.1) is 0 Å². The van der Waals surface area contributed by atoms with Gasteiger partial charge in [-0.05, 0) is 120 Å². The summed E-state index contributed by atoms with van der Waals surface area (Å²) in [5.74, 6) is 0.955. The van der Waals surface area contributed by atoms with Crippen molar-refractivity contribution in [3.63, 3.8) is 0 Å². The van der Waals surface area contributed by atoms with E-state index in [-0.39, 0.29) is 66.0 Å². The topological polar surface area (TPSA) is 222 Å². The Labute approximate surface area is 377 Å². The first-order valence-corrected chi connectivity index (χ1v) is 24.5. The summed E-state index contributed by atoms with van der Waals surface area (Å²) in [5, 5.41) is 66.4. The molecule has 9 rings (SSSR count). The number of carbonyl (C=O) groups is 1. The van der Waals surface area contributed by atoms with Gasteiger partial charge in [0.15, 0.2) is 25.2 Å². The highest BCUT2D eigenvalue weighted by Gasteiger charge is 2.68. The SMILES string of the molecule is CC1OC(OC2C(O)CC(OC3C(O)CC(O[C@H]4CC[C@@]5(C)[C@H](CC[C@@H]6[C@@H]5CC[C@]5(C)[C@@H](C7=CC(=O)OC7)CC[C@]65O)C4)OC3C)OC2C)CC(OC2OC(C)[C@@H](O)C(O)[C@H]2O)C1C. The largest absolute Gasteiger partial charge is 0.458 e. The zero-order valence-electron chi connectivity index (χ0n) is 38.7. The lowest BCUT2D eigenvalue weighted by atomic mass is 9.43. The van der Waals surface area contributed by atoms with Crippen LogP contribution in [-0.4, -0.2) is 153 Å². The van der Waals surface area contributed by atoms with Crippen LogP contribution in [0.4, 0.5) is 0 Å². The van der Waals surface area contributed by atoms with Crippen LogP contribution in [-0.2, 0) is 47.4 Å². The summed E-state index contributed by atoms with van der Waals surface area (Å²) in [5.41, 5.74) is 0.164. The molecule has 0 aromatic carbocycles. The summed E-state index contributed by atoms with van der Waals surface area (Å²) in [4.78, 5) is 12.0. The maximum Gasteiger partial charge on any atom is 0.331 e. The summed E-state index contributed by atoms with van der Waals surface area (Å²) in [7, 11) is 0. The van der Waals surface area contributed by atoms with Gasteiger partial charge in [-0.1, -0.05) is 20.8 Å². The Kier molecular flexibility index (Phi) is 13.6. The van der Waals surface area contributed by atoms with Crippen molar-refractivity contribution >= 4 is 5.97 Å². The number of esters is 1. The van der Waals surface area contributed by atoms with Crippen LogP contribution in [0.25, 0.3) is 0 Å². The lowest BCUT2D eigenvalue weighted by Gasteiger charge is -2.64. The Balaban J connectivity index is 0.744. The van der Waals surface area contributed by atoms with E-state index < -0.39 is 97.9 Å². The van der Waals surface area contributed by atoms with E-state index in [9.17, 15) is 35.4 Å². The minimum absolute atomic E-state index is 0.00439. The minimum Gasteiger partial charge on any atom is -0.458 e. The summed E-state index contributed by atoms with van der Waals surface area (Å²) in [6.07, 6.45) is -2.48. The molecular weight excluding hydrogens is 833 g/mol. The minimum atomic E-state index is -1.44. The van der Waals surface area contributed by atoms with E-state index in [1.54, 1.807) is 19.9 Å². The van der Waals surface area contributed by atoms with E-state index in [0.717, 1.165) is 63.4 Å². The van der Waals surface area contributed by atoms with Gasteiger partial charge in [0.2, 0.25) is 0 Å². The van der Waals surface area contributed by atoms with Gasteiger partial charge in [0.05, 0.1) is 54.4 Å². The standard InChI is InChI=1S/C48H76O16/c1-22-23(2)57-39(20-35(22)62-45-42(54)41(53)40(52)24(3)60-45)64-44-26(5)59-38(19-34(44)50)63-43-25(4)58-37(18-33(43)49)61-29-10-13-46(6)28(17-29)8-9-32-31(46)11-14-47(7)30(12-15-48(32,47)55)27-16-36(51)56-21-27/h16,22-26,28-35,37-45,49-50,52-55H,8-15,17-21H2,1-7H3/t22?,23?,24?,25?,26?,28-,29+,30-,31+,32-,33?,34?,35?,37?,38?,39?,40-,41?,42-,43?,44?,45?,46+,47-,48+/m1/s1. The van der Waals surface area contributed by atoms with Gasteiger partial charge in [0.25, 0.3) is 0 Å². The van der Waals surface area contributed by atoms with Crippen molar-refractivity contribution in [3.05, 3.63) is 11.6 Å². The molecule has 25 atom stereocenters. The summed E-state index contributed by atoms with van der Waals surface area (Å²) >= 11 is 0. The molecule has 16 nitrogen and oxygen atoms in total. The van der Waals surface area contributed by atoms with Crippen molar-refractivity contribution in [3.8, 4) is 0 Å². The number of hydrogen-bond donors (Lipinski definition) is 6. The molecule has 4 aliphatic carbocycles. The molecule has 6 N–H and O–H groups in total. The second-order valence-electron chi connectivity index (χ2n) is 21.9. The Morgan fingerprint density at radius 2 is 1.27 bits per heavy atom. The second-order valence-corrected chi connectivity index (χ2v) is 21.9. The fraction of sp³-hybridized carbons (Fsp3) is 0.938. The molecule has 8 fully saturated rings. The quantitative estimate of drug-likeness (QED) is 0.144. The summed E-state index contributed by atoms with van der Waals surface area (Å²) in [6, 6.07) is 0. The Bertz CT molecular complexity index is 1680. The second kappa shape index (κ2) is 18.2. The van der Waals surface area contributed by atoms with Gasteiger partial charge in [0.1, 0.15) is 37.1 Å². The molecule has 9 aliphatic rings. The predicted molar refractivity (Wildman–Crippen MR) is 226 cm³/mol. The van der Waals surface area contributed by atoms with Crippen molar-refractivity contribution in [2.45, 2.75) is 236 Å². The highest BCUT2D eigenvalue weighted by molar-refractivity contribution is 5.85. The van der Waals surface area contributed by atoms with Gasteiger partial charge in [-0.3, -0.25) is 0 Å². The van der Waals surface area contributed by atoms with Crippen LogP contribution in [0, 0.1) is 40.4 Å². The first-order chi connectivity index (χ1) is 30.3. The predicted octanol–water partition coefficient (Wildman–Crippen LogP) is 3.37. The van der Waals surface area contributed by atoms with E-state index in [1.165, 1.54) is 0 Å². The van der Waals surface area contributed by atoms with Gasteiger partial charge in [-0.2, -0.15) is 0 Å². The highest BCUT2D eigenvalue weighted by atomic mass is 16.7. The van der Waals surface area contributed by atoms with E-state index in [0.29, 0.717) is 18.4 Å². The third kappa shape index (κ3) is 8.47. The zero-order chi connectivity index (χ0) is 45.6. The number of aliphatic hydroxyl groups excluding tert-OH is 5. The molecule has 0 spiro atoms. The normalized spacial score (nSPS) is 55.5. The maximum atomic E-state index is 12.6. The van der Waals surface area contributed by atoms with Crippen molar-refractivity contribution in [1.82, 2.24) is 0 Å². The van der Waals surface area contributed by atoms with Gasteiger partial charge in [0, 0.05) is 36.7 Å². The molecule has 64 heavy (non-hydrogen) atoms. The Hall–Kier alpha value is -1.35. The van der Waals surface area contributed by atoms with Crippen LogP contribution in [0.3, 0.4) is 0 Å². The Morgan fingerprint density at radius 3 is 1.91 bits per heavy atom. The first-order valence-electron chi connectivity index (χ1n) is 24.5. The molecule has 5 aliphatic heterocycles. The summed E-state index contributed by atoms with van der Waals surface area (Å²) < 4.78 is 55.2. The zero-order valence-corrected chi connectivity index (χ0v) is 38.7. The van der Waals surface area contributed by atoms with Crippen LogP contribution >= 0.6 is 0 Å². The lowest BCUT2D eigenvalue weighted by Crippen LogP contribution is -2.62. The molecule has 0 amide bonds. The van der Waals surface area contributed by atoms with Crippen LogP contribution in [0.15, 0.2) is 11.6 Å². The maximum absolute atomic E-state index is 12.6. The number of aliphatic hydroxyl groups is 6. The van der Waals surface area contributed by atoms with Crippen LogP contribution < -0.4 is 0 Å². The molecule has 16 heteroatoms. The number of hydrogen-bond acceptors (Lipinski definition) is 16. The molecule has 0 aromatic rings. The fourth-order valence-electron chi connectivity index (χ4n) is 14.4. The van der Waals surface area contributed by atoms with Crippen LogP contribution in [0.1, 0.15) is 126 Å². The number of fused-ring (bicyclic) bond motifs is 5. The third-order valence-corrected chi connectivity index (χ3v) is 18.4. The average Bonchev–Trinajstić information content (AvgIpc) is 3.79. The van der Waals surface area contributed by atoms with E-state index in [1.807, 2.05) is 20.8 Å². The molecule has 4 saturated heterocycles. The van der Waals surface area contributed by atoms with E-state index in [4.69, 9.17) is 42.6 Å². The smallest absolute Gasteiger partial charge is 0.331 e. The lowest BCUT2D eigenvalue weighted by molar-refractivity contribution is -0.346. The molecule has 15 unspecified atom stereocenters. The molecule has 0 radical (unpaired) electrons. The number of rotatable bonds is 9. The van der Waals surface area contributed by atoms with Crippen LogP contribution in [0.5, 0.6) is 0 Å². The molecule has 0 aromatic heterocycles.